The van der Waals surface area contributed by atoms with Crippen LogP contribution in [0.2, 0.25) is 0 Å². The highest BCUT2D eigenvalue weighted by atomic mass is 16.1. The number of nitrogens with one attached hydrogen (secondary N) is 1. The van der Waals surface area contributed by atoms with E-state index in [4.69, 9.17) is 0 Å². The number of aromatic nitrogens is 2. The first kappa shape index (κ1) is 16.8. The SMILES string of the molecule is CCN(C)c1ccc(C(=O)Nc2ccnn2Cc2ccccc2)cc1. The van der Waals surface area contributed by atoms with E-state index in [0.29, 0.717) is 17.9 Å². The quantitative estimate of drug-likeness (QED) is 0.749. The number of carbonyl (C=O) groups is 1. The Bertz CT molecular complexity index is 824. The van der Waals surface area contributed by atoms with E-state index in [-0.39, 0.29) is 5.91 Å². The number of amides is 1. The van der Waals surface area contributed by atoms with Gasteiger partial charge in [-0.1, -0.05) is 30.3 Å². The molecule has 0 aliphatic rings. The number of rotatable bonds is 6. The van der Waals surface area contributed by atoms with Gasteiger partial charge in [-0.25, -0.2) is 4.68 Å². The molecule has 2 aromatic carbocycles. The predicted octanol–water partition coefficient (Wildman–Crippen LogP) is 3.64. The molecular weight excluding hydrogens is 312 g/mol. The van der Waals surface area contributed by atoms with E-state index in [2.05, 4.69) is 22.2 Å². The van der Waals surface area contributed by atoms with Gasteiger partial charge in [-0.05, 0) is 36.8 Å². The maximum Gasteiger partial charge on any atom is 0.256 e. The Morgan fingerprint density at radius 3 is 2.48 bits per heavy atom. The molecule has 0 saturated carbocycles. The van der Waals surface area contributed by atoms with Crippen LogP contribution < -0.4 is 10.2 Å². The summed E-state index contributed by atoms with van der Waals surface area (Å²) in [6.45, 7) is 3.63. The molecule has 0 bridgehead atoms. The fourth-order valence-electron chi connectivity index (χ4n) is 2.56. The third-order valence-electron chi connectivity index (χ3n) is 4.18. The van der Waals surface area contributed by atoms with Gasteiger partial charge in [0.1, 0.15) is 5.82 Å². The second-order valence-corrected chi connectivity index (χ2v) is 5.87. The van der Waals surface area contributed by atoms with Crippen molar-refractivity contribution in [1.29, 1.82) is 0 Å². The molecule has 1 aromatic heterocycles. The van der Waals surface area contributed by atoms with E-state index >= 15 is 0 Å². The van der Waals surface area contributed by atoms with Gasteiger partial charge in [0.25, 0.3) is 5.91 Å². The summed E-state index contributed by atoms with van der Waals surface area (Å²) in [6.07, 6.45) is 1.69. The minimum Gasteiger partial charge on any atom is -0.375 e. The van der Waals surface area contributed by atoms with Crippen molar-refractivity contribution in [3.63, 3.8) is 0 Å². The van der Waals surface area contributed by atoms with Crippen LogP contribution in [0.4, 0.5) is 11.5 Å². The molecule has 128 valence electrons. The van der Waals surface area contributed by atoms with Crippen molar-refractivity contribution in [2.24, 2.45) is 0 Å². The Hall–Kier alpha value is -3.08. The van der Waals surface area contributed by atoms with Crippen molar-refractivity contribution in [2.45, 2.75) is 13.5 Å². The number of hydrogen-bond donors (Lipinski definition) is 1. The molecule has 0 aliphatic carbocycles. The molecule has 25 heavy (non-hydrogen) atoms. The number of hydrogen-bond acceptors (Lipinski definition) is 3. The molecule has 0 aliphatic heterocycles. The molecule has 1 amide bonds. The summed E-state index contributed by atoms with van der Waals surface area (Å²) in [5, 5.41) is 7.24. The lowest BCUT2D eigenvalue weighted by Gasteiger charge is -2.16. The van der Waals surface area contributed by atoms with Gasteiger partial charge in [0.15, 0.2) is 0 Å². The van der Waals surface area contributed by atoms with Gasteiger partial charge in [0.2, 0.25) is 0 Å². The summed E-state index contributed by atoms with van der Waals surface area (Å²) in [5.74, 6) is 0.545. The van der Waals surface area contributed by atoms with Crippen LogP contribution in [-0.4, -0.2) is 29.3 Å². The molecule has 0 radical (unpaired) electrons. The zero-order valence-electron chi connectivity index (χ0n) is 14.5. The molecule has 0 saturated heterocycles. The number of benzene rings is 2. The van der Waals surface area contributed by atoms with Gasteiger partial charge in [0, 0.05) is 30.9 Å². The summed E-state index contributed by atoms with van der Waals surface area (Å²) in [5.41, 5.74) is 2.85. The molecule has 3 rings (SSSR count). The van der Waals surface area contributed by atoms with Gasteiger partial charge < -0.3 is 10.2 Å². The first-order valence-corrected chi connectivity index (χ1v) is 8.35. The molecule has 0 spiro atoms. The smallest absolute Gasteiger partial charge is 0.256 e. The maximum atomic E-state index is 12.5. The topological polar surface area (TPSA) is 50.2 Å². The lowest BCUT2D eigenvalue weighted by Crippen LogP contribution is -2.17. The van der Waals surface area contributed by atoms with E-state index in [0.717, 1.165) is 17.8 Å². The van der Waals surface area contributed by atoms with Crippen LogP contribution in [0.5, 0.6) is 0 Å². The number of anilines is 2. The Morgan fingerprint density at radius 1 is 1.08 bits per heavy atom. The van der Waals surface area contributed by atoms with Crippen molar-refractivity contribution < 1.29 is 4.79 Å². The fourth-order valence-corrected chi connectivity index (χ4v) is 2.56. The lowest BCUT2D eigenvalue weighted by molar-refractivity contribution is 0.102. The molecule has 5 heteroatoms. The molecule has 0 unspecified atom stereocenters. The second kappa shape index (κ2) is 7.66. The maximum absolute atomic E-state index is 12.5. The van der Waals surface area contributed by atoms with Crippen LogP contribution in [0.1, 0.15) is 22.8 Å². The Morgan fingerprint density at radius 2 is 1.80 bits per heavy atom. The third kappa shape index (κ3) is 4.07. The summed E-state index contributed by atoms with van der Waals surface area (Å²) in [4.78, 5) is 14.6. The van der Waals surface area contributed by atoms with Crippen LogP contribution in [0.3, 0.4) is 0 Å². The van der Waals surface area contributed by atoms with Gasteiger partial charge >= 0.3 is 0 Å². The van der Waals surface area contributed by atoms with Crippen molar-refractivity contribution in [2.75, 3.05) is 23.8 Å². The van der Waals surface area contributed by atoms with E-state index in [9.17, 15) is 4.79 Å². The van der Waals surface area contributed by atoms with Gasteiger partial charge in [-0.3, -0.25) is 4.79 Å². The van der Waals surface area contributed by atoms with Crippen LogP contribution in [0.25, 0.3) is 0 Å². The Kier molecular flexibility index (Phi) is 5.14. The summed E-state index contributed by atoms with van der Waals surface area (Å²) in [7, 11) is 2.03. The lowest BCUT2D eigenvalue weighted by atomic mass is 10.2. The van der Waals surface area contributed by atoms with Crippen molar-refractivity contribution in [1.82, 2.24) is 9.78 Å². The number of nitrogens with zero attached hydrogens (tertiary/aromatic N) is 3. The first-order chi connectivity index (χ1) is 12.2. The monoisotopic (exact) mass is 334 g/mol. The standard InChI is InChI=1S/C20H22N4O/c1-3-23(2)18-11-9-17(10-12-18)20(25)22-19-13-14-21-24(19)15-16-7-5-4-6-8-16/h4-14H,3,15H2,1-2H3,(H,22,25). The zero-order chi connectivity index (χ0) is 17.6. The molecule has 0 fully saturated rings. The van der Waals surface area contributed by atoms with Gasteiger partial charge in [0.05, 0.1) is 12.7 Å². The van der Waals surface area contributed by atoms with Crippen molar-refractivity contribution in [3.05, 3.63) is 78.0 Å². The highest BCUT2D eigenvalue weighted by Crippen LogP contribution is 2.16. The van der Waals surface area contributed by atoms with Crippen LogP contribution >= 0.6 is 0 Å². The molecule has 0 atom stereocenters. The average molecular weight is 334 g/mol. The van der Waals surface area contributed by atoms with Crippen molar-refractivity contribution >= 4 is 17.4 Å². The highest BCUT2D eigenvalue weighted by molar-refractivity contribution is 6.04. The molecular formula is C20H22N4O. The fraction of sp³-hybridized carbons (Fsp3) is 0.200. The van der Waals surface area contributed by atoms with Gasteiger partial charge in [-0.15, -0.1) is 0 Å². The number of carbonyl (C=O) groups excluding carboxylic acids is 1. The highest BCUT2D eigenvalue weighted by Gasteiger charge is 2.10. The summed E-state index contributed by atoms with van der Waals surface area (Å²) in [6, 6.07) is 19.4. The molecule has 1 N–H and O–H groups in total. The van der Waals surface area contributed by atoms with Gasteiger partial charge in [-0.2, -0.15) is 5.10 Å². The minimum absolute atomic E-state index is 0.138. The second-order valence-electron chi connectivity index (χ2n) is 5.87. The Labute approximate surface area is 147 Å². The van der Waals surface area contributed by atoms with Crippen molar-refractivity contribution in [3.8, 4) is 0 Å². The third-order valence-corrected chi connectivity index (χ3v) is 4.18. The summed E-state index contributed by atoms with van der Waals surface area (Å²) >= 11 is 0. The van der Waals surface area contributed by atoms with E-state index in [1.807, 2.05) is 61.6 Å². The van der Waals surface area contributed by atoms with Crippen LogP contribution in [0.15, 0.2) is 66.9 Å². The molecule has 3 aromatic rings. The Balaban J connectivity index is 1.70. The van der Waals surface area contributed by atoms with E-state index in [1.165, 1.54) is 0 Å². The van der Waals surface area contributed by atoms with E-state index < -0.39 is 0 Å². The predicted molar refractivity (Wildman–Crippen MR) is 101 cm³/mol. The summed E-state index contributed by atoms with van der Waals surface area (Å²) < 4.78 is 1.78. The van der Waals surface area contributed by atoms with Crippen LogP contribution in [0, 0.1) is 0 Å². The first-order valence-electron chi connectivity index (χ1n) is 8.35. The molecule has 5 nitrogen and oxygen atoms in total. The molecule has 1 heterocycles. The van der Waals surface area contributed by atoms with E-state index in [1.54, 1.807) is 16.9 Å². The minimum atomic E-state index is -0.138. The largest absolute Gasteiger partial charge is 0.375 e. The van der Waals surface area contributed by atoms with Crippen LogP contribution in [-0.2, 0) is 6.54 Å². The zero-order valence-corrected chi connectivity index (χ0v) is 14.5. The normalized spacial score (nSPS) is 10.5. The average Bonchev–Trinajstić information content (AvgIpc) is 3.08.